The fourth-order valence-corrected chi connectivity index (χ4v) is 3.91. The number of hydrogen-bond acceptors (Lipinski definition) is 4. The molecule has 0 bridgehead atoms. The predicted octanol–water partition coefficient (Wildman–Crippen LogP) is 1.59. The molecule has 1 aromatic heterocycles. The van der Waals surface area contributed by atoms with Gasteiger partial charge >= 0.3 is 0 Å². The predicted molar refractivity (Wildman–Crippen MR) is 75.4 cm³/mol. The van der Waals surface area contributed by atoms with Crippen LogP contribution in [-0.2, 0) is 0 Å². The van der Waals surface area contributed by atoms with Gasteiger partial charge in [0.25, 0.3) is 5.91 Å². The van der Waals surface area contributed by atoms with Gasteiger partial charge in [-0.25, -0.2) is 4.98 Å². The molecule has 0 saturated carbocycles. The van der Waals surface area contributed by atoms with Gasteiger partial charge in [0.1, 0.15) is 0 Å². The van der Waals surface area contributed by atoms with Gasteiger partial charge in [0.2, 0.25) is 0 Å². The Bertz CT molecular complexity index is 626. The number of amides is 1. The van der Waals surface area contributed by atoms with Gasteiger partial charge in [0.15, 0.2) is 0 Å². The third kappa shape index (κ3) is 1.84. The first kappa shape index (κ1) is 11.4. The van der Waals surface area contributed by atoms with Crippen molar-refractivity contribution in [1.29, 1.82) is 0 Å². The lowest BCUT2D eigenvalue weighted by Crippen LogP contribution is -2.31. The monoisotopic (exact) mass is 273 g/mol. The van der Waals surface area contributed by atoms with Gasteiger partial charge in [-0.05, 0) is 30.0 Å². The van der Waals surface area contributed by atoms with Crippen molar-refractivity contribution in [2.45, 2.75) is 0 Å². The number of hydrogen-bond donors (Lipinski definition) is 1. The molecule has 5 heteroatoms. The third-order valence-electron chi connectivity index (χ3n) is 4.25. The minimum Gasteiger partial charge on any atom is -0.338 e. The second-order valence-electron chi connectivity index (χ2n) is 5.42. The van der Waals surface area contributed by atoms with Crippen molar-refractivity contribution < 1.29 is 4.79 Å². The summed E-state index contributed by atoms with van der Waals surface area (Å²) >= 11 is 1.59. The molecule has 19 heavy (non-hydrogen) atoms. The number of fused-ring (bicyclic) bond motifs is 2. The number of benzene rings is 1. The zero-order valence-corrected chi connectivity index (χ0v) is 11.3. The Hall–Kier alpha value is -1.46. The van der Waals surface area contributed by atoms with E-state index in [0.717, 1.165) is 42.0 Å². The van der Waals surface area contributed by atoms with Crippen LogP contribution in [-0.4, -0.2) is 42.0 Å². The molecule has 2 aliphatic heterocycles. The summed E-state index contributed by atoms with van der Waals surface area (Å²) in [4.78, 5) is 18.8. The number of carbonyl (C=O) groups excluding carboxylic acids is 1. The van der Waals surface area contributed by atoms with Crippen LogP contribution in [0.1, 0.15) is 10.4 Å². The van der Waals surface area contributed by atoms with Gasteiger partial charge in [-0.2, -0.15) is 0 Å². The molecule has 2 fully saturated rings. The average Bonchev–Trinajstić information content (AvgIpc) is 3.11. The zero-order valence-electron chi connectivity index (χ0n) is 10.5. The summed E-state index contributed by atoms with van der Waals surface area (Å²) in [5.74, 6) is 1.47. The van der Waals surface area contributed by atoms with Gasteiger partial charge in [-0.15, -0.1) is 11.3 Å². The zero-order chi connectivity index (χ0) is 12.8. The van der Waals surface area contributed by atoms with E-state index in [1.807, 2.05) is 28.6 Å². The quantitative estimate of drug-likeness (QED) is 0.858. The van der Waals surface area contributed by atoms with E-state index >= 15 is 0 Å². The average molecular weight is 273 g/mol. The number of thiazole rings is 1. The maximum atomic E-state index is 12.5. The molecule has 0 aliphatic carbocycles. The standard InChI is InChI=1S/C14H15N3OS/c18-14(17-6-10-4-15-5-11(10)7-17)9-1-2-12-13(3-9)19-8-16-12/h1-3,8,10-11,15H,4-7H2/t10-,11+. The lowest BCUT2D eigenvalue weighted by atomic mass is 10.0. The van der Waals surface area contributed by atoms with E-state index in [-0.39, 0.29) is 5.91 Å². The second kappa shape index (κ2) is 4.28. The number of carbonyl (C=O) groups is 1. The Morgan fingerprint density at radius 1 is 1.32 bits per heavy atom. The lowest BCUT2D eigenvalue weighted by Gasteiger charge is -2.17. The van der Waals surface area contributed by atoms with Gasteiger partial charge in [0.05, 0.1) is 15.7 Å². The van der Waals surface area contributed by atoms with Gasteiger partial charge in [0, 0.05) is 31.7 Å². The number of rotatable bonds is 1. The van der Waals surface area contributed by atoms with Gasteiger partial charge in [-0.1, -0.05) is 0 Å². The van der Waals surface area contributed by atoms with Crippen LogP contribution in [0, 0.1) is 11.8 Å². The first-order valence-electron chi connectivity index (χ1n) is 6.64. The van der Waals surface area contributed by atoms with Crippen molar-refractivity contribution in [3.63, 3.8) is 0 Å². The van der Waals surface area contributed by atoms with Crippen molar-refractivity contribution in [1.82, 2.24) is 15.2 Å². The molecule has 1 amide bonds. The Labute approximate surface area is 115 Å². The Kier molecular flexibility index (Phi) is 2.56. The molecule has 2 saturated heterocycles. The second-order valence-corrected chi connectivity index (χ2v) is 6.31. The number of nitrogens with zero attached hydrogens (tertiary/aromatic N) is 2. The largest absolute Gasteiger partial charge is 0.338 e. The summed E-state index contributed by atoms with van der Waals surface area (Å²) in [5, 5.41) is 3.40. The fourth-order valence-electron chi connectivity index (χ4n) is 3.19. The van der Waals surface area contributed by atoms with Crippen molar-refractivity contribution in [3.05, 3.63) is 29.3 Å². The highest BCUT2D eigenvalue weighted by atomic mass is 32.1. The summed E-state index contributed by atoms with van der Waals surface area (Å²) in [7, 11) is 0. The van der Waals surface area contributed by atoms with Crippen LogP contribution in [0.4, 0.5) is 0 Å². The summed E-state index contributed by atoms with van der Waals surface area (Å²) in [5.41, 5.74) is 3.60. The van der Waals surface area contributed by atoms with Crippen molar-refractivity contribution in [3.8, 4) is 0 Å². The molecule has 2 atom stereocenters. The molecule has 3 heterocycles. The van der Waals surface area contributed by atoms with Gasteiger partial charge in [-0.3, -0.25) is 4.79 Å². The molecule has 0 unspecified atom stereocenters. The fraction of sp³-hybridized carbons (Fsp3) is 0.429. The summed E-state index contributed by atoms with van der Waals surface area (Å²) in [6.45, 7) is 3.92. The smallest absolute Gasteiger partial charge is 0.253 e. The van der Waals surface area contributed by atoms with E-state index in [4.69, 9.17) is 0 Å². The molecule has 1 aromatic carbocycles. The first-order valence-corrected chi connectivity index (χ1v) is 7.52. The topological polar surface area (TPSA) is 45.2 Å². The van der Waals surface area contributed by atoms with E-state index in [1.165, 1.54) is 0 Å². The van der Waals surface area contributed by atoms with Crippen LogP contribution in [0.2, 0.25) is 0 Å². The number of likely N-dealkylation sites (tertiary alicyclic amines) is 1. The molecule has 1 N–H and O–H groups in total. The molecule has 0 spiro atoms. The Balaban J connectivity index is 1.59. The van der Waals surface area contributed by atoms with Crippen molar-refractivity contribution >= 4 is 27.5 Å². The SMILES string of the molecule is O=C(c1ccc2ncsc2c1)N1C[C@H]2CNC[C@H]2C1. The number of nitrogens with one attached hydrogen (secondary N) is 1. The lowest BCUT2D eigenvalue weighted by molar-refractivity contribution is 0.0782. The van der Waals surface area contributed by atoms with Crippen LogP contribution in [0.3, 0.4) is 0 Å². The Morgan fingerprint density at radius 2 is 2.11 bits per heavy atom. The van der Waals surface area contributed by atoms with Crippen molar-refractivity contribution in [2.75, 3.05) is 26.2 Å². The molecule has 2 aromatic rings. The van der Waals surface area contributed by atoms with Gasteiger partial charge < -0.3 is 10.2 Å². The molecular weight excluding hydrogens is 258 g/mol. The highest BCUT2D eigenvalue weighted by Crippen LogP contribution is 2.28. The molecule has 0 radical (unpaired) electrons. The summed E-state index contributed by atoms with van der Waals surface area (Å²) < 4.78 is 1.09. The van der Waals surface area contributed by atoms with E-state index in [1.54, 1.807) is 11.3 Å². The minimum absolute atomic E-state index is 0.171. The highest BCUT2D eigenvalue weighted by molar-refractivity contribution is 7.16. The van der Waals surface area contributed by atoms with Crippen molar-refractivity contribution in [2.24, 2.45) is 11.8 Å². The normalized spacial score (nSPS) is 26.0. The maximum absolute atomic E-state index is 12.5. The Morgan fingerprint density at radius 3 is 2.89 bits per heavy atom. The highest BCUT2D eigenvalue weighted by Gasteiger charge is 2.38. The summed E-state index contributed by atoms with van der Waals surface area (Å²) in [6.07, 6.45) is 0. The van der Waals surface area contributed by atoms with Crippen LogP contribution < -0.4 is 5.32 Å². The van der Waals surface area contributed by atoms with E-state index in [9.17, 15) is 4.79 Å². The van der Waals surface area contributed by atoms with E-state index in [2.05, 4.69) is 10.3 Å². The molecule has 4 rings (SSSR count). The van der Waals surface area contributed by atoms with Crippen LogP contribution >= 0.6 is 11.3 Å². The van der Waals surface area contributed by atoms with Crippen LogP contribution in [0.15, 0.2) is 23.7 Å². The molecule has 2 aliphatic rings. The number of aromatic nitrogens is 1. The molecular formula is C14H15N3OS. The first-order chi connectivity index (χ1) is 9.31. The molecule has 98 valence electrons. The minimum atomic E-state index is 0.171. The van der Waals surface area contributed by atoms with Crippen LogP contribution in [0.25, 0.3) is 10.2 Å². The maximum Gasteiger partial charge on any atom is 0.253 e. The third-order valence-corrected chi connectivity index (χ3v) is 5.05. The van der Waals surface area contributed by atoms with E-state index < -0.39 is 0 Å². The summed E-state index contributed by atoms with van der Waals surface area (Å²) in [6, 6.07) is 5.82. The van der Waals surface area contributed by atoms with E-state index in [0.29, 0.717) is 11.8 Å². The molecule has 4 nitrogen and oxygen atoms in total. The van der Waals surface area contributed by atoms with Crippen LogP contribution in [0.5, 0.6) is 0 Å².